The molecule has 0 spiro atoms. The summed E-state index contributed by atoms with van der Waals surface area (Å²) in [4.78, 5) is 37.7. The number of hydrogen-bond donors (Lipinski definition) is 0. The molecule has 6 heteroatoms. The molecule has 0 aromatic rings. The third kappa shape index (κ3) is 44.5. The van der Waals surface area contributed by atoms with E-state index in [4.69, 9.17) is 14.2 Å². The summed E-state index contributed by atoms with van der Waals surface area (Å²) in [5.74, 6) is -1.13. The van der Waals surface area contributed by atoms with Crippen LogP contribution in [-0.2, 0) is 28.6 Å². The van der Waals surface area contributed by atoms with Crippen LogP contribution >= 0.6 is 0 Å². The monoisotopic (exact) mass is 813 g/mol. The van der Waals surface area contributed by atoms with Gasteiger partial charge in [0.25, 0.3) is 0 Å². The highest BCUT2D eigenvalue weighted by Crippen LogP contribution is 2.10. The summed E-state index contributed by atoms with van der Waals surface area (Å²) >= 11 is 0. The lowest BCUT2D eigenvalue weighted by Gasteiger charge is -2.18. The number of esters is 3. The zero-order chi connectivity index (χ0) is 43.0. The van der Waals surface area contributed by atoms with Crippen molar-refractivity contribution in [2.75, 3.05) is 13.2 Å². The molecule has 0 aromatic carbocycles. The van der Waals surface area contributed by atoms with Crippen LogP contribution in [0.1, 0.15) is 162 Å². The molecule has 1 atom stereocenters. The van der Waals surface area contributed by atoms with Crippen molar-refractivity contribution in [3.05, 3.63) is 134 Å². The van der Waals surface area contributed by atoms with Crippen LogP contribution in [0.15, 0.2) is 134 Å². The Morgan fingerprint density at radius 3 is 1.37 bits per heavy atom. The molecule has 0 fully saturated rings. The van der Waals surface area contributed by atoms with E-state index in [0.29, 0.717) is 19.3 Å². The molecule has 0 rings (SSSR count). The molecule has 328 valence electrons. The number of ether oxygens (including phenoxy) is 3. The highest BCUT2D eigenvalue weighted by molar-refractivity contribution is 5.71. The summed E-state index contributed by atoms with van der Waals surface area (Å²) in [5, 5.41) is 0. The smallest absolute Gasteiger partial charge is 0.306 e. The molecule has 0 radical (unpaired) electrons. The van der Waals surface area contributed by atoms with Gasteiger partial charge in [-0.1, -0.05) is 193 Å². The third-order valence-electron chi connectivity index (χ3n) is 8.79. The Morgan fingerprint density at radius 1 is 0.373 bits per heavy atom. The maximum atomic E-state index is 12.7. The Balaban J connectivity index is 4.63. The van der Waals surface area contributed by atoms with Gasteiger partial charge in [-0.3, -0.25) is 14.4 Å². The summed E-state index contributed by atoms with van der Waals surface area (Å²) in [5.41, 5.74) is 0. The Morgan fingerprint density at radius 2 is 0.797 bits per heavy atom. The second-order valence-corrected chi connectivity index (χ2v) is 14.3. The average molecular weight is 813 g/mol. The minimum atomic E-state index is -0.850. The summed E-state index contributed by atoms with van der Waals surface area (Å²) < 4.78 is 16.5. The van der Waals surface area contributed by atoms with Crippen LogP contribution in [0.3, 0.4) is 0 Å². The maximum absolute atomic E-state index is 12.7. The van der Waals surface area contributed by atoms with Crippen LogP contribution in [0.4, 0.5) is 0 Å². The van der Waals surface area contributed by atoms with E-state index in [2.05, 4.69) is 87.6 Å². The highest BCUT2D eigenvalue weighted by Gasteiger charge is 2.19. The fourth-order valence-electron chi connectivity index (χ4n) is 5.43. The maximum Gasteiger partial charge on any atom is 0.306 e. The van der Waals surface area contributed by atoms with E-state index in [1.807, 2.05) is 66.8 Å². The zero-order valence-electron chi connectivity index (χ0n) is 37.2. The predicted octanol–water partition coefficient (Wildman–Crippen LogP) is 14.7. The van der Waals surface area contributed by atoms with Gasteiger partial charge < -0.3 is 14.2 Å². The number of hydrogen-bond acceptors (Lipinski definition) is 6. The molecule has 0 bridgehead atoms. The first-order chi connectivity index (χ1) is 29.0. The first kappa shape index (κ1) is 54.6. The molecule has 0 saturated carbocycles. The van der Waals surface area contributed by atoms with Crippen molar-refractivity contribution in [3.8, 4) is 0 Å². The van der Waals surface area contributed by atoms with Gasteiger partial charge >= 0.3 is 17.9 Å². The van der Waals surface area contributed by atoms with Gasteiger partial charge in [0.2, 0.25) is 0 Å². The molecule has 0 aliphatic carbocycles. The summed E-state index contributed by atoms with van der Waals surface area (Å²) in [6.07, 6.45) is 64.5. The molecule has 0 aliphatic rings. The minimum absolute atomic E-state index is 0.145. The number of carbonyl (C=O) groups is 3. The Bertz CT molecular complexity index is 1350. The second kappa shape index (κ2) is 46.2. The van der Waals surface area contributed by atoms with Gasteiger partial charge in [-0.2, -0.15) is 0 Å². The lowest BCUT2D eigenvalue weighted by atomic mass is 10.1. The van der Waals surface area contributed by atoms with Crippen molar-refractivity contribution in [1.82, 2.24) is 0 Å². The lowest BCUT2D eigenvalue weighted by Crippen LogP contribution is -2.30. The molecule has 0 N–H and O–H groups in total. The number of carbonyl (C=O) groups excluding carboxylic acids is 3. The van der Waals surface area contributed by atoms with Crippen molar-refractivity contribution in [2.24, 2.45) is 0 Å². The van der Waals surface area contributed by atoms with Crippen LogP contribution in [0.25, 0.3) is 0 Å². The number of rotatable bonds is 38. The topological polar surface area (TPSA) is 78.9 Å². The van der Waals surface area contributed by atoms with Crippen molar-refractivity contribution >= 4 is 17.9 Å². The summed E-state index contributed by atoms with van der Waals surface area (Å²) in [6, 6.07) is 0. The van der Waals surface area contributed by atoms with E-state index >= 15 is 0 Å². The van der Waals surface area contributed by atoms with Crippen molar-refractivity contribution in [3.63, 3.8) is 0 Å². The molecule has 1 unspecified atom stereocenters. The average Bonchev–Trinajstić information content (AvgIpc) is 3.23. The van der Waals surface area contributed by atoms with Crippen molar-refractivity contribution in [1.29, 1.82) is 0 Å². The largest absolute Gasteiger partial charge is 0.462 e. The highest BCUT2D eigenvalue weighted by atomic mass is 16.6. The minimum Gasteiger partial charge on any atom is -0.462 e. The second-order valence-electron chi connectivity index (χ2n) is 14.3. The van der Waals surface area contributed by atoms with Gasteiger partial charge in [-0.05, 0) is 83.5 Å². The Labute approximate surface area is 360 Å². The summed E-state index contributed by atoms with van der Waals surface area (Å²) in [6.45, 7) is 6.18. The fourth-order valence-corrected chi connectivity index (χ4v) is 5.43. The molecule has 0 heterocycles. The summed E-state index contributed by atoms with van der Waals surface area (Å²) in [7, 11) is 0. The number of allylic oxidation sites excluding steroid dienone is 22. The number of unbranched alkanes of at least 4 members (excludes halogenated alkanes) is 10. The third-order valence-corrected chi connectivity index (χ3v) is 8.79. The first-order valence-electron chi connectivity index (χ1n) is 22.8. The van der Waals surface area contributed by atoms with E-state index in [1.165, 1.54) is 38.5 Å². The van der Waals surface area contributed by atoms with Crippen LogP contribution < -0.4 is 0 Å². The first-order valence-corrected chi connectivity index (χ1v) is 22.8. The van der Waals surface area contributed by atoms with Crippen LogP contribution in [0.5, 0.6) is 0 Å². The van der Waals surface area contributed by atoms with Gasteiger partial charge in [0.05, 0.1) is 0 Å². The predicted molar refractivity (Wildman–Crippen MR) is 251 cm³/mol. The van der Waals surface area contributed by atoms with Crippen LogP contribution in [0.2, 0.25) is 0 Å². The van der Waals surface area contributed by atoms with Crippen molar-refractivity contribution in [2.45, 2.75) is 168 Å². The Kier molecular flexibility index (Phi) is 42.8. The lowest BCUT2D eigenvalue weighted by molar-refractivity contribution is -0.166. The molecule has 0 saturated heterocycles. The quantitative estimate of drug-likeness (QED) is 0.0203. The van der Waals surface area contributed by atoms with E-state index in [0.717, 1.165) is 64.2 Å². The van der Waals surface area contributed by atoms with E-state index in [-0.39, 0.29) is 44.4 Å². The Hall–Kier alpha value is -4.45. The van der Waals surface area contributed by atoms with E-state index < -0.39 is 12.1 Å². The normalized spacial score (nSPS) is 13.3. The van der Waals surface area contributed by atoms with Gasteiger partial charge in [0.15, 0.2) is 6.10 Å². The zero-order valence-corrected chi connectivity index (χ0v) is 37.2. The van der Waals surface area contributed by atoms with Crippen LogP contribution in [0, 0.1) is 0 Å². The molecule has 59 heavy (non-hydrogen) atoms. The van der Waals surface area contributed by atoms with Gasteiger partial charge in [0, 0.05) is 19.3 Å². The molecular weight excluding hydrogens is 733 g/mol. The fraction of sp³-hybridized carbons (Fsp3) is 0.528. The van der Waals surface area contributed by atoms with E-state index in [1.54, 1.807) is 0 Å². The van der Waals surface area contributed by atoms with E-state index in [9.17, 15) is 14.4 Å². The molecule has 0 aromatic heterocycles. The molecule has 0 amide bonds. The molecule has 0 aliphatic heterocycles. The van der Waals surface area contributed by atoms with Crippen molar-refractivity contribution < 1.29 is 28.6 Å². The molecule has 6 nitrogen and oxygen atoms in total. The van der Waals surface area contributed by atoms with Gasteiger partial charge in [0.1, 0.15) is 13.2 Å². The standard InChI is InChI=1S/C53H80O6/c1-4-7-10-13-16-19-22-24-25-26-27-29-31-34-37-40-43-46-52(55)58-49-50(48-57-51(54)45-42-39-36-33-30-21-18-15-12-9-6-3)59-53(56)47-44-41-38-35-32-28-23-20-17-14-11-8-5-2/h7,9-10,12-13,16,18-19,21-22,24-29,31-33,36,38,41,50H,4-6,8,11,14-15,17,20,23,30,34-35,37,39-40,42-49H2,1-3H3/b10-7-,12-9-,16-13-,21-18-,22-19-,25-24-,27-26+,31-29-,32-28-,36-33-,41-38-. The van der Waals surface area contributed by atoms with Gasteiger partial charge in [-0.15, -0.1) is 0 Å². The van der Waals surface area contributed by atoms with Gasteiger partial charge in [-0.25, -0.2) is 0 Å². The van der Waals surface area contributed by atoms with Crippen LogP contribution in [-0.4, -0.2) is 37.2 Å². The molecular formula is C53H80O6. The SMILES string of the molecule is CC\C=C/C=C\C=C/C=C\C=C\C=C/CCCCCC(=O)OCC(COC(=O)CCC/C=C\C/C=C\C/C=C\CC)OC(=O)CC/C=C\C/C=C\CCCCCCCC.